The molecule has 0 radical (unpaired) electrons. The first-order valence-corrected chi connectivity index (χ1v) is 14.8. The molecule has 0 saturated carbocycles. The highest BCUT2D eigenvalue weighted by molar-refractivity contribution is 6.30. The molecule has 2 fully saturated rings. The lowest BCUT2D eigenvalue weighted by Crippen LogP contribution is -2.61. The second kappa shape index (κ2) is 10.4. The molecule has 6 heterocycles. The highest BCUT2D eigenvalue weighted by Crippen LogP contribution is 2.46. The molecule has 4 atom stereocenters. The molecule has 0 spiro atoms. The van der Waals surface area contributed by atoms with E-state index in [0.29, 0.717) is 47.4 Å². The van der Waals surface area contributed by atoms with E-state index in [1.165, 1.54) is 13.2 Å². The van der Waals surface area contributed by atoms with Crippen molar-refractivity contribution in [3.05, 3.63) is 76.5 Å². The van der Waals surface area contributed by atoms with Crippen molar-refractivity contribution in [2.75, 3.05) is 44.9 Å². The third kappa shape index (κ3) is 4.40. The van der Waals surface area contributed by atoms with Gasteiger partial charge in [-0.3, -0.25) is 4.90 Å². The summed E-state index contributed by atoms with van der Waals surface area (Å²) in [6.07, 6.45) is 0.318. The molecule has 2 saturated heterocycles. The number of esters is 1. The Morgan fingerprint density at radius 2 is 2.02 bits per heavy atom. The maximum absolute atomic E-state index is 14.8. The van der Waals surface area contributed by atoms with Crippen molar-refractivity contribution in [1.82, 2.24) is 19.4 Å². The average molecular weight is 606 g/mol. The predicted molar refractivity (Wildman–Crippen MR) is 155 cm³/mol. The number of imidazole rings is 1. The first kappa shape index (κ1) is 26.7. The molecule has 4 aliphatic heterocycles. The number of piperazine rings is 1. The van der Waals surface area contributed by atoms with Gasteiger partial charge in [0.2, 0.25) is 0 Å². The van der Waals surface area contributed by atoms with Crippen molar-refractivity contribution >= 4 is 34.4 Å². The largest absolute Gasteiger partial charge is 0.485 e. The van der Waals surface area contributed by atoms with Crippen molar-refractivity contribution in [2.24, 2.45) is 0 Å². The number of carbonyl (C=O) groups excluding carboxylic acids is 1. The Labute approximate surface area is 251 Å². The first-order valence-electron chi connectivity index (χ1n) is 14.4. The summed E-state index contributed by atoms with van der Waals surface area (Å²) in [5.74, 6) is 1.25. The lowest BCUT2D eigenvalue weighted by Gasteiger charge is -2.52. The molecular formula is C31H29ClFN5O5. The fourth-order valence-corrected chi connectivity index (χ4v) is 6.94. The zero-order valence-corrected chi connectivity index (χ0v) is 24.2. The van der Waals surface area contributed by atoms with Crippen LogP contribution in [0.15, 0.2) is 48.5 Å². The smallest absolute Gasteiger partial charge is 0.356 e. The predicted octanol–water partition coefficient (Wildman–Crippen LogP) is 4.56. The van der Waals surface area contributed by atoms with Crippen LogP contribution in [0.2, 0.25) is 5.02 Å². The number of nitrogens with zero attached hydrogens (tertiary/aromatic N) is 5. The van der Waals surface area contributed by atoms with Gasteiger partial charge in [-0.1, -0.05) is 23.7 Å². The zero-order valence-electron chi connectivity index (χ0n) is 23.4. The van der Waals surface area contributed by atoms with E-state index >= 15 is 0 Å². The minimum Gasteiger partial charge on any atom is -0.485 e. The van der Waals surface area contributed by atoms with E-state index in [0.717, 1.165) is 36.5 Å². The Bertz CT molecular complexity index is 1750. The minimum absolute atomic E-state index is 0.00554. The summed E-state index contributed by atoms with van der Waals surface area (Å²) < 4.78 is 40.6. The summed E-state index contributed by atoms with van der Waals surface area (Å²) in [4.78, 5) is 26.7. The van der Waals surface area contributed by atoms with Crippen molar-refractivity contribution in [1.29, 1.82) is 0 Å². The topological polar surface area (TPSA) is 91.2 Å². The molecule has 222 valence electrons. The second-order valence-electron chi connectivity index (χ2n) is 11.3. The maximum atomic E-state index is 14.8. The molecule has 4 aromatic rings. The highest BCUT2D eigenvalue weighted by Gasteiger charge is 2.47. The molecule has 43 heavy (non-hydrogen) atoms. The third-order valence-corrected chi connectivity index (χ3v) is 9.18. The molecule has 8 rings (SSSR count). The van der Waals surface area contributed by atoms with E-state index < -0.39 is 17.9 Å². The van der Waals surface area contributed by atoms with E-state index in [2.05, 4.69) is 14.4 Å². The van der Waals surface area contributed by atoms with Crippen molar-refractivity contribution in [2.45, 2.75) is 37.3 Å². The number of rotatable bonds is 4. The number of anilines is 1. The second-order valence-corrected chi connectivity index (χ2v) is 11.7. The van der Waals surface area contributed by atoms with Crippen LogP contribution in [0, 0.1) is 5.82 Å². The summed E-state index contributed by atoms with van der Waals surface area (Å²) in [6, 6.07) is 14.0. The minimum atomic E-state index is -0.604. The van der Waals surface area contributed by atoms with Crippen LogP contribution < -0.4 is 14.4 Å². The van der Waals surface area contributed by atoms with Crippen LogP contribution in [0.5, 0.6) is 11.5 Å². The van der Waals surface area contributed by atoms with Gasteiger partial charge in [-0.15, -0.1) is 0 Å². The normalized spacial score (nSPS) is 24.7. The third-order valence-electron chi connectivity index (χ3n) is 8.95. The lowest BCUT2D eigenvalue weighted by atomic mass is 9.91. The number of benzene rings is 2. The number of carbonyl (C=O) groups is 1. The van der Waals surface area contributed by atoms with Crippen molar-refractivity contribution in [3.8, 4) is 11.5 Å². The Kier molecular flexibility index (Phi) is 6.43. The van der Waals surface area contributed by atoms with Crippen LogP contribution in [0.25, 0.3) is 11.2 Å². The molecule has 0 N–H and O–H groups in total. The van der Waals surface area contributed by atoms with Gasteiger partial charge >= 0.3 is 5.97 Å². The number of aromatic nitrogens is 3. The quantitative estimate of drug-likeness (QED) is 0.311. The first-order chi connectivity index (χ1) is 21.0. The molecule has 0 amide bonds. The van der Waals surface area contributed by atoms with E-state index in [-0.39, 0.29) is 30.5 Å². The number of methoxy groups -OCH3 is 1. The molecule has 0 bridgehead atoms. The van der Waals surface area contributed by atoms with Gasteiger partial charge in [0, 0.05) is 36.8 Å². The van der Waals surface area contributed by atoms with Gasteiger partial charge in [0.1, 0.15) is 23.8 Å². The number of halogens is 2. The van der Waals surface area contributed by atoms with Gasteiger partial charge in [0.25, 0.3) is 0 Å². The van der Waals surface area contributed by atoms with E-state index in [4.69, 9.17) is 40.5 Å². The van der Waals surface area contributed by atoms with Crippen LogP contribution in [-0.2, 0) is 16.0 Å². The van der Waals surface area contributed by atoms with Crippen LogP contribution in [0.1, 0.15) is 40.4 Å². The van der Waals surface area contributed by atoms with Gasteiger partial charge in [0.05, 0.1) is 37.5 Å². The standard InChI is InChI=1S/C31H29ClFN5O5/c1-40-31(39)21-8-7-20-30(35-21)38-27(34-20)15-37-11-10-36(14-23(37)28(38)24-9-12-41-24)22-3-2-4-25-29(22)43-26(16-42-25)18-6-5-17(32)13-19(18)33/h2-8,13,23-24,26,28H,9-12,14-16H2,1H3. The van der Waals surface area contributed by atoms with Gasteiger partial charge in [-0.25, -0.2) is 19.2 Å². The lowest BCUT2D eigenvalue weighted by molar-refractivity contribution is -0.107. The van der Waals surface area contributed by atoms with Gasteiger partial charge < -0.3 is 28.4 Å². The molecular weight excluding hydrogens is 577 g/mol. The molecule has 0 aliphatic carbocycles. The van der Waals surface area contributed by atoms with Gasteiger partial charge in [-0.2, -0.15) is 0 Å². The fraction of sp³-hybridized carbons (Fsp3) is 0.387. The molecule has 4 aliphatic rings. The molecule has 4 unspecified atom stereocenters. The van der Waals surface area contributed by atoms with Crippen molar-refractivity contribution < 1.29 is 28.1 Å². The Balaban J connectivity index is 1.14. The Hall–Kier alpha value is -3.93. The van der Waals surface area contributed by atoms with Crippen LogP contribution in [0.4, 0.5) is 10.1 Å². The number of pyridine rings is 1. The molecule has 10 nitrogen and oxygen atoms in total. The maximum Gasteiger partial charge on any atom is 0.356 e. The highest BCUT2D eigenvalue weighted by atomic mass is 35.5. The monoisotopic (exact) mass is 605 g/mol. The molecule has 2 aromatic carbocycles. The summed E-state index contributed by atoms with van der Waals surface area (Å²) in [5.41, 5.74) is 2.96. The molecule has 12 heteroatoms. The summed E-state index contributed by atoms with van der Waals surface area (Å²) in [5, 5.41) is 0.333. The van der Waals surface area contributed by atoms with Gasteiger partial charge in [-0.05, 0) is 42.8 Å². The summed E-state index contributed by atoms with van der Waals surface area (Å²) >= 11 is 5.99. The average Bonchev–Trinajstić information content (AvgIpc) is 3.36. The van der Waals surface area contributed by atoms with Gasteiger partial charge in [0.15, 0.2) is 28.9 Å². The van der Waals surface area contributed by atoms with E-state index in [1.54, 1.807) is 18.2 Å². The van der Waals surface area contributed by atoms with Crippen LogP contribution >= 0.6 is 11.6 Å². The summed E-state index contributed by atoms with van der Waals surface area (Å²) in [7, 11) is 1.35. The Morgan fingerprint density at radius 1 is 1.14 bits per heavy atom. The number of ether oxygens (including phenoxy) is 4. The number of hydrogen-bond acceptors (Lipinski definition) is 9. The van der Waals surface area contributed by atoms with Crippen LogP contribution in [0.3, 0.4) is 0 Å². The zero-order chi connectivity index (χ0) is 29.2. The van der Waals surface area contributed by atoms with E-state index in [1.807, 2.05) is 24.3 Å². The SMILES string of the molecule is COC(=O)c1ccc2nc3n(c2n1)C(C1CCO1)C1CN(c2cccc4c2OC(c2ccc(Cl)cc2F)CO4)CCN1C3. The Morgan fingerprint density at radius 3 is 2.81 bits per heavy atom. The number of fused-ring (bicyclic) bond motifs is 5. The fourth-order valence-electron chi connectivity index (χ4n) is 6.78. The number of para-hydroxylation sites is 1. The van der Waals surface area contributed by atoms with Crippen LogP contribution in [-0.4, -0.2) is 77.5 Å². The van der Waals surface area contributed by atoms with E-state index in [9.17, 15) is 9.18 Å². The van der Waals surface area contributed by atoms with Crippen molar-refractivity contribution in [3.63, 3.8) is 0 Å². The molecule has 2 aromatic heterocycles. The summed E-state index contributed by atoms with van der Waals surface area (Å²) in [6.45, 7) is 3.83. The number of hydrogen-bond donors (Lipinski definition) is 0.